The quantitative estimate of drug-likeness (QED) is 0.780. The molecule has 1 aromatic rings. The molecule has 134 valence electrons. The van der Waals surface area contributed by atoms with E-state index in [-0.39, 0.29) is 5.78 Å². The van der Waals surface area contributed by atoms with Crippen LogP contribution < -0.4 is 0 Å². The molecule has 1 aliphatic rings. The van der Waals surface area contributed by atoms with E-state index in [2.05, 4.69) is 37.5 Å². The normalized spacial score (nSPS) is 22.9. The van der Waals surface area contributed by atoms with E-state index in [4.69, 9.17) is 5.11 Å². The number of piperazine rings is 1. The molecule has 1 saturated heterocycles. The highest BCUT2D eigenvalue weighted by atomic mass is 16.3. The molecule has 2 atom stereocenters. The summed E-state index contributed by atoms with van der Waals surface area (Å²) in [6.45, 7) is 13.1. The monoisotopic (exact) mass is 332 g/mol. The van der Waals surface area contributed by atoms with Crippen LogP contribution in [0, 0.1) is 5.92 Å². The fourth-order valence-corrected chi connectivity index (χ4v) is 3.50. The zero-order valence-corrected chi connectivity index (χ0v) is 15.5. The summed E-state index contributed by atoms with van der Waals surface area (Å²) in [5, 5.41) is 8.93. The molecule has 4 nitrogen and oxygen atoms in total. The lowest BCUT2D eigenvalue weighted by Gasteiger charge is -2.44. The lowest BCUT2D eigenvalue weighted by Crippen LogP contribution is -2.56. The molecule has 0 bridgehead atoms. The van der Waals surface area contributed by atoms with Crippen molar-refractivity contribution in [2.75, 3.05) is 26.2 Å². The number of aliphatic hydroxyl groups excluding tert-OH is 1. The molecule has 1 aliphatic heterocycles. The van der Waals surface area contributed by atoms with Crippen LogP contribution in [0.4, 0.5) is 0 Å². The molecule has 24 heavy (non-hydrogen) atoms. The molecule has 1 fully saturated rings. The first-order valence-electron chi connectivity index (χ1n) is 9.11. The van der Waals surface area contributed by atoms with Crippen molar-refractivity contribution in [3.63, 3.8) is 0 Å². The summed E-state index contributed by atoms with van der Waals surface area (Å²) >= 11 is 0. The van der Waals surface area contributed by atoms with Crippen molar-refractivity contribution < 1.29 is 9.90 Å². The Hall–Kier alpha value is -1.23. The Kier molecular flexibility index (Phi) is 6.96. The number of benzene rings is 1. The number of nitrogens with zero attached hydrogens (tertiary/aromatic N) is 2. The van der Waals surface area contributed by atoms with Crippen molar-refractivity contribution in [1.82, 2.24) is 9.80 Å². The van der Waals surface area contributed by atoms with Crippen molar-refractivity contribution in [3.05, 3.63) is 35.4 Å². The zero-order chi connectivity index (χ0) is 17.7. The molecule has 0 aromatic heterocycles. The zero-order valence-electron chi connectivity index (χ0n) is 15.5. The van der Waals surface area contributed by atoms with Gasteiger partial charge in [-0.3, -0.25) is 9.69 Å². The minimum absolute atomic E-state index is 0.220. The third kappa shape index (κ3) is 5.13. The summed E-state index contributed by atoms with van der Waals surface area (Å²) < 4.78 is 0. The second-order valence-electron chi connectivity index (χ2n) is 7.59. The molecule has 1 N–H and O–H groups in total. The van der Waals surface area contributed by atoms with Crippen molar-refractivity contribution in [2.45, 2.75) is 52.7 Å². The highest BCUT2D eigenvalue weighted by Gasteiger charge is 2.29. The second-order valence-corrected chi connectivity index (χ2v) is 7.59. The summed E-state index contributed by atoms with van der Waals surface area (Å²) in [6, 6.07) is 8.71. The summed E-state index contributed by atoms with van der Waals surface area (Å²) in [5.74, 6) is 0.538. The topological polar surface area (TPSA) is 43.8 Å². The lowest BCUT2D eigenvalue weighted by atomic mass is 10.0. The van der Waals surface area contributed by atoms with Crippen molar-refractivity contribution >= 4 is 5.78 Å². The van der Waals surface area contributed by atoms with Gasteiger partial charge < -0.3 is 10.0 Å². The molecule has 0 amide bonds. The number of hydrogen-bond donors (Lipinski definition) is 1. The minimum Gasteiger partial charge on any atom is -0.388 e. The lowest BCUT2D eigenvalue weighted by molar-refractivity contribution is 0.0309. The first-order chi connectivity index (χ1) is 11.4. The van der Waals surface area contributed by atoms with Gasteiger partial charge in [-0.1, -0.05) is 38.1 Å². The molecule has 0 radical (unpaired) electrons. The Balaban J connectivity index is 1.94. The molecule has 1 heterocycles. The van der Waals surface area contributed by atoms with Gasteiger partial charge in [-0.2, -0.15) is 0 Å². The van der Waals surface area contributed by atoms with Crippen LogP contribution >= 0.6 is 0 Å². The molecular weight excluding hydrogens is 300 g/mol. The Morgan fingerprint density at radius 1 is 1.17 bits per heavy atom. The van der Waals surface area contributed by atoms with Crippen molar-refractivity contribution in [2.24, 2.45) is 5.92 Å². The maximum absolute atomic E-state index is 11.5. The minimum atomic E-state index is -0.425. The van der Waals surface area contributed by atoms with Crippen LogP contribution in [0.1, 0.15) is 50.0 Å². The number of Topliss-reactive ketones (excluding diaryl/α,β-unsaturated/α-hetero) is 1. The van der Waals surface area contributed by atoms with Gasteiger partial charge >= 0.3 is 0 Å². The first-order valence-corrected chi connectivity index (χ1v) is 9.11. The Labute approximate surface area is 146 Å². The first kappa shape index (κ1) is 19.1. The van der Waals surface area contributed by atoms with Gasteiger partial charge in [-0.25, -0.2) is 0 Å². The van der Waals surface area contributed by atoms with Crippen LogP contribution in [0.25, 0.3) is 0 Å². The predicted molar refractivity (Wildman–Crippen MR) is 98.2 cm³/mol. The summed E-state index contributed by atoms with van der Waals surface area (Å²) in [4.78, 5) is 16.6. The van der Waals surface area contributed by atoms with E-state index < -0.39 is 6.61 Å². The standard InChI is InChI=1S/C20H32N2O2/c1-15(2)9-10-21-11-16(3)22(17(4)12-21)13-18-5-7-19(8-6-18)20(24)14-23/h5-8,15-17,23H,9-14H2,1-4H3/t16-,17+. The molecule has 4 heteroatoms. The van der Waals surface area contributed by atoms with Crippen LogP contribution in [-0.4, -0.2) is 59.0 Å². The van der Waals surface area contributed by atoms with Crippen molar-refractivity contribution in [1.29, 1.82) is 0 Å². The Morgan fingerprint density at radius 3 is 2.25 bits per heavy atom. The van der Waals surface area contributed by atoms with E-state index in [1.54, 1.807) is 0 Å². The van der Waals surface area contributed by atoms with Crippen molar-refractivity contribution in [3.8, 4) is 0 Å². The van der Waals surface area contributed by atoms with Gasteiger partial charge in [0.1, 0.15) is 6.61 Å². The van der Waals surface area contributed by atoms with Gasteiger partial charge in [-0.15, -0.1) is 0 Å². The van der Waals surface area contributed by atoms with Crippen LogP contribution in [0.5, 0.6) is 0 Å². The van der Waals surface area contributed by atoms with Crippen LogP contribution in [-0.2, 0) is 6.54 Å². The molecule has 0 aliphatic carbocycles. The average molecular weight is 332 g/mol. The highest BCUT2D eigenvalue weighted by molar-refractivity contribution is 5.96. The molecule has 1 aromatic carbocycles. The molecular formula is C20H32N2O2. The van der Waals surface area contributed by atoms with Gasteiger partial charge in [-0.05, 0) is 38.3 Å². The van der Waals surface area contributed by atoms with Gasteiger partial charge in [0.05, 0.1) is 0 Å². The number of rotatable bonds is 7. The third-order valence-electron chi connectivity index (χ3n) is 4.98. The number of aliphatic hydroxyl groups is 1. The fourth-order valence-electron chi connectivity index (χ4n) is 3.50. The SMILES string of the molecule is CC(C)CCN1C[C@@H](C)N(Cc2ccc(C(=O)CO)cc2)[C@@H](C)C1. The van der Waals surface area contributed by atoms with Crippen LogP contribution in [0.2, 0.25) is 0 Å². The largest absolute Gasteiger partial charge is 0.388 e. The predicted octanol–water partition coefficient (Wildman–Crippen LogP) is 2.80. The smallest absolute Gasteiger partial charge is 0.188 e. The maximum atomic E-state index is 11.5. The highest BCUT2D eigenvalue weighted by Crippen LogP contribution is 2.20. The van der Waals surface area contributed by atoms with Crippen LogP contribution in [0.15, 0.2) is 24.3 Å². The van der Waals surface area contributed by atoms with Gasteiger partial charge in [0.2, 0.25) is 0 Å². The van der Waals surface area contributed by atoms with E-state index in [9.17, 15) is 4.79 Å². The average Bonchev–Trinajstić information content (AvgIpc) is 2.56. The van der Waals surface area contributed by atoms with Gasteiger partial charge in [0.15, 0.2) is 5.78 Å². The molecule has 0 unspecified atom stereocenters. The number of carbonyl (C=O) groups is 1. The van der Waals surface area contributed by atoms with E-state index in [1.807, 2.05) is 24.3 Å². The fraction of sp³-hybridized carbons (Fsp3) is 0.650. The Bertz CT molecular complexity index is 515. The van der Waals surface area contributed by atoms with Gasteiger partial charge in [0.25, 0.3) is 0 Å². The summed E-state index contributed by atoms with van der Waals surface area (Å²) in [5.41, 5.74) is 1.81. The molecule has 0 spiro atoms. The number of hydrogen-bond acceptors (Lipinski definition) is 4. The maximum Gasteiger partial charge on any atom is 0.188 e. The summed E-state index contributed by atoms with van der Waals surface area (Å²) in [7, 11) is 0. The Morgan fingerprint density at radius 2 is 1.75 bits per heavy atom. The van der Waals surface area contributed by atoms with E-state index in [1.165, 1.54) is 18.5 Å². The molecule has 2 rings (SSSR count). The van der Waals surface area contributed by atoms with Gasteiger partial charge in [0, 0.05) is 37.3 Å². The number of ketones is 1. The number of carbonyl (C=O) groups excluding carboxylic acids is 1. The molecule has 0 saturated carbocycles. The summed E-state index contributed by atoms with van der Waals surface area (Å²) in [6.07, 6.45) is 1.26. The van der Waals surface area contributed by atoms with Crippen LogP contribution in [0.3, 0.4) is 0 Å². The van der Waals surface area contributed by atoms with E-state index >= 15 is 0 Å². The third-order valence-corrected chi connectivity index (χ3v) is 4.98. The van der Waals surface area contributed by atoms with E-state index in [0.717, 1.165) is 25.6 Å². The second kappa shape index (κ2) is 8.75. The van der Waals surface area contributed by atoms with E-state index in [0.29, 0.717) is 17.6 Å².